The molecular formula is H19B17. The number of hydrogen-bond donors (Lipinski definition) is 0. The molecule has 0 atom stereocenters. The van der Waals surface area contributed by atoms with Gasteiger partial charge in [-0.3, -0.25) is 0 Å². The third-order valence-electron chi connectivity index (χ3n) is 4.58. The van der Waals surface area contributed by atoms with E-state index in [1.807, 2.05) is 0 Å². The molecule has 0 N–H and O–H groups in total. The molecule has 0 nitrogen and oxygen atoms in total. The van der Waals surface area contributed by atoms with Crippen LogP contribution in [-0.2, 0) is 0 Å². The second-order valence-electron chi connectivity index (χ2n) is 7.20. The van der Waals surface area contributed by atoms with Gasteiger partial charge in [-0.15, -0.1) is 0 Å². The van der Waals surface area contributed by atoms with Gasteiger partial charge in [-0.25, -0.2) is 0 Å². The van der Waals surface area contributed by atoms with Crippen LogP contribution in [0.1, 0.15) is 0 Å². The van der Waals surface area contributed by atoms with Crippen molar-refractivity contribution in [1.82, 2.24) is 0 Å². The van der Waals surface area contributed by atoms with E-state index < -0.39 is 0 Å². The molecule has 0 saturated heterocycles. The normalized spacial score (nSPS) is 8.94. The van der Waals surface area contributed by atoms with E-state index in [2.05, 4.69) is 69.6 Å². The summed E-state index contributed by atoms with van der Waals surface area (Å²) in [6.07, 6.45) is 5.84. The van der Waals surface area contributed by atoms with Gasteiger partial charge in [0, 0.05) is 51.8 Å². The van der Waals surface area contributed by atoms with Gasteiger partial charge in [0.25, 0.3) is 0 Å². The summed E-state index contributed by atoms with van der Waals surface area (Å²) >= 11 is 0. The van der Waals surface area contributed by atoms with Gasteiger partial charge in [0.2, 0.25) is 0 Å². The van der Waals surface area contributed by atoms with Gasteiger partial charge < -0.3 is 0 Å². The predicted octanol–water partition coefficient (Wildman–Crippen LogP) is -11.6. The first kappa shape index (κ1) is 18.1. The van der Waals surface area contributed by atoms with Gasteiger partial charge in [0.15, 0.2) is 0 Å². The van der Waals surface area contributed by atoms with Gasteiger partial charge in [-0.05, 0) is 0 Å². The Morgan fingerprint density at radius 2 is 0.882 bits per heavy atom. The van der Waals surface area contributed by atoms with Crippen molar-refractivity contribution in [2.75, 3.05) is 0 Å². The van der Waals surface area contributed by atoms with Crippen molar-refractivity contribution in [3.8, 4) is 0 Å². The summed E-state index contributed by atoms with van der Waals surface area (Å²) in [6, 6.07) is 0. The minimum Gasteiger partial charge on any atom is 0.00215 e. The fourth-order valence-electron chi connectivity index (χ4n) is 4.07. The van der Waals surface area contributed by atoms with Crippen LogP contribution < -0.4 is 0 Å². The van der Waals surface area contributed by atoms with Crippen LogP contribution in [0.2, 0.25) is 0 Å². The average molecular weight is 203 g/mol. The van der Waals surface area contributed by atoms with Gasteiger partial charge in [0.05, 0.1) is 69.6 Å². The second kappa shape index (κ2) is 8.31. The Morgan fingerprint density at radius 3 is 1.06 bits per heavy atom. The van der Waals surface area contributed by atoms with Crippen LogP contribution in [0, 0.1) is 0 Å². The summed E-state index contributed by atoms with van der Waals surface area (Å²) in [5, 5.41) is 0. The first-order chi connectivity index (χ1) is 7.73. The first-order valence-corrected chi connectivity index (χ1v) is 7.73. The standard InChI is InChI=1S/B17H19/c1-10-15(11(2)3)17(14(8)9)16(12(4)5)13(6)7/h10H,1-9H2. The molecule has 0 heterocycles. The summed E-state index contributed by atoms with van der Waals surface area (Å²) in [5.41, 5.74) is 0. The molecular weight excluding hydrogens is 184 g/mol. The summed E-state index contributed by atoms with van der Waals surface area (Å²) in [6.45, 7) is 0. The Bertz CT molecular complexity index is 180. The number of hydrogen-bond acceptors (Lipinski definition) is 0. The molecule has 0 amide bonds. The summed E-state index contributed by atoms with van der Waals surface area (Å²) in [4.78, 5) is 0. The Kier molecular flexibility index (Phi) is 8.85. The van der Waals surface area contributed by atoms with E-state index in [0.717, 1.165) is 44.7 Å². The van der Waals surface area contributed by atoms with Crippen molar-refractivity contribution in [3.63, 3.8) is 0 Å². The smallest absolute Gasteiger partial charge is 0.00215 e. The molecule has 0 aromatic rings. The topological polar surface area (TPSA) is 0 Å². The van der Waals surface area contributed by atoms with Gasteiger partial charge >= 0.3 is 0 Å². The van der Waals surface area contributed by atoms with Crippen LogP contribution in [0.3, 0.4) is 0 Å². The van der Waals surface area contributed by atoms with Crippen molar-refractivity contribution < 1.29 is 0 Å². The molecule has 0 fully saturated rings. The Balaban J connectivity index is 5.16. The van der Waals surface area contributed by atoms with Crippen molar-refractivity contribution >= 4 is 121 Å². The van der Waals surface area contributed by atoms with E-state index in [9.17, 15) is 0 Å². The van der Waals surface area contributed by atoms with Crippen LogP contribution in [0.15, 0.2) is 0 Å². The predicted molar refractivity (Wildman–Crippen MR) is 124 cm³/mol. The maximum atomic E-state index is 2.42. The Labute approximate surface area is 121 Å². The Morgan fingerprint density at radius 1 is 0.529 bits per heavy atom. The fraction of sp³-hybridized carbons (Fsp3) is 0. The monoisotopic (exact) mass is 206 g/mol. The largest absolute Gasteiger partial charge is 0.0593 e. The van der Waals surface area contributed by atoms with Gasteiger partial charge in [-0.2, -0.15) is 0 Å². The SMILES string of the molecule is BBB(B(B)B)B(B(B)B)B(B(B)B)B(B)B. The summed E-state index contributed by atoms with van der Waals surface area (Å²) in [5.74, 6) is 0. The lowest BCUT2D eigenvalue weighted by atomic mass is 8.43. The highest BCUT2D eigenvalue weighted by atomic mass is 13.2. The molecule has 17 heavy (non-hydrogen) atoms. The lowest BCUT2D eigenvalue weighted by Crippen LogP contribution is -2.76. The molecule has 0 aliphatic rings. The van der Waals surface area contributed by atoms with E-state index in [1.54, 1.807) is 0 Å². The maximum absolute atomic E-state index is 2.42. The molecule has 0 spiro atoms. The minimum absolute atomic E-state index is 0.801. The van der Waals surface area contributed by atoms with Crippen molar-refractivity contribution in [3.05, 3.63) is 0 Å². The van der Waals surface area contributed by atoms with E-state index in [1.165, 1.54) is 7.06 Å². The third kappa shape index (κ3) is 5.31. The van der Waals surface area contributed by atoms with E-state index >= 15 is 0 Å². The Hall–Kier alpha value is 1.10. The first-order valence-electron chi connectivity index (χ1n) is 7.73. The zero-order chi connectivity index (χ0) is 13.7. The molecule has 70 valence electrons. The van der Waals surface area contributed by atoms with Crippen molar-refractivity contribution in [2.45, 2.75) is 0 Å². The van der Waals surface area contributed by atoms with E-state index in [0.29, 0.717) is 0 Å². The van der Waals surface area contributed by atoms with Gasteiger partial charge in [-0.1, -0.05) is 0 Å². The van der Waals surface area contributed by atoms with Crippen molar-refractivity contribution in [1.29, 1.82) is 0 Å². The van der Waals surface area contributed by atoms with Crippen LogP contribution >= 0.6 is 0 Å². The molecule has 0 saturated carbocycles. The van der Waals surface area contributed by atoms with E-state index in [-0.39, 0.29) is 0 Å². The maximum Gasteiger partial charge on any atom is 0.0593 e. The molecule has 0 aromatic carbocycles. The quantitative estimate of drug-likeness (QED) is 0.360. The highest BCUT2D eigenvalue weighted by Gasteiger charge is 2.41. The fourth-order valence-corrected chi connectivity index (χ4v) is 4.07. The molecule has 0 aromatic heterocycles. The van der Waals surface area contributed by atoms with Crippen LogP contribution in [0.4, 0.5) is 0 Å². The molecule has 0 aliphatic carbocycles. The summed E-state index contributed by atoms with van der Waals surface area (Å²) < 4.78 is 0. The average Bonchev–Trinajstić information content (AvgIpc) is 2.15. The molecule has 0 unspecified atom stereocenters. The van der Waals surface area contributed by atoms with Crippen molar-refractivity contribution in [2.24, 2.45) is 0 Å². The van der Waals surface area contributed by atoms with E-state index in [4.69, 9.17) is 0 Å². The lowest BCUT2D eigenvalue weighted by molar-refractivity contribution is 3.37. The van der Waals surface area contributed by atoms with Crippen LogP contribution in [0.25, 0.3) is 0 Å². The minimum atomic E-state index is 0.801. The highest BCUT2D eigenvalue weighted by Crippen LogP contribution is 2.01. The zero-order valence-corrected chi connectivity index (χ0v) is 13.7. The molecule has 0 aliphatic heterocycles. The highest BCUT2D eigenvalue weighted by molar-refractivity contribution is 8.15. The summed E-state index contributed by atoms with van der Waals surface area (Å²) in [7, 11) is 23.0. The third-order valence-corrected chi connectivity index (χ3v) is 4.58. The lowest BCUT2D eigenvalue weighted by Gasteiger charge is -2.37. The molecule has 0 bridgehead atoms. The van der Waals surface area contributed by atoms with Gasteiger partial charge in [0.1, 0.15) is 0 Å². The van der Waals surface area contributed by atoms with Crippen LogP contribution in [-0.4, -0.2) is 121 Å². The molecule has 0 radical (unpaired) electrons. The number of rotatable bonds is 7. The molecule has 17 heteroatoms. The molecule has 0 rings (SSSR count). The zero-order valence-electron chi connectivity index (χ0n) is 13.7. The van der Waals surface area contributed by atoms with Crippen LogP contribution in [0.5, 0.6) is 0 Å². The second-order valence-corrected chi connectivity index (χ2v) is 7.20.